The Morgan fingerprint density at radius 2 is 2.11 bits per heavy atom. The summed E-state index contributed by atoms with van der Waals surface area (Å²) < 4.78 is 44.7. The first-order chi connectivity index (χ1) is 12.7. The van der Waals surface area contributed by atoms with Crippen LogP contribution in [0, 0.1) is 6.92 Å². The molecule has 2 aromatic heterocycles. The predicted octanol–water partition coefficient (Wildman–Crippen LogP) is 5.84. The Morgan fingerprint density at radius 1 is 1.37 bits per heavy atom. The molecule has 0 aliphatic heterocycles. The molecular weight excluding hydrogens is 399 g/mol. The third kappa shape index (κ3) is 4.08. The summed E-state index contributed by atoms with van der Waals surface area (Å²) in [4.78, 5) is 15.4. The zero-order valence-electron chi connectivity index (χ0n) is 14.5. The highest BCUT2D eigenvalue weighted by Gasteiger charge is 2.35. The molecule has 0 aliphatic carbocycles. The number of fused-ring (bicyclic) bond motifs is 1. The average molecular weight is 415 g/mol. The summed E-state index contributed by atoms with van der Waals surface area (Å²) in [5, 5.41) is 11.2. The third-order valence-corrected chi connectivity index (χ3v) is 6.30. The zero-order chi connectivity index (χ0) is 19.8. The highest BCUT2D eigenvalue weighted by Crippen LogP contribution is 2.37. The van der Waals surface area contributed by atoms with Crippen molar-refractivity contribution in [1.82, 2.24) is 4.98 Å². The number of aryl methyl sites for hydroxylation is 1. The summed E-state index contributed by atoms with van der Waals surface area (Å²) in [6, 6.07) is 5.27. The van der Waals surface area contributed by atoms with Crippen LogP contribution >= 0.6 is 22.7 Å². The molecule has 144 valence electrons. The van der Waals surface area contributed by atoms with Crippen molar-refractivity contribution in [2.45, 2.75) is 39.0 Å². The summed E-state index contributed by atoms with van der Waals surface area (Å²) >= 11 is 2.00. The van der Waals surface area contributed by atoms with Gasteiger partial charge in [-0.3, -0.25) is 4.79 Å². The molecule has 3 aromatic rings. The van der Waals surface area contributed by atoms with E-state index in [0.29, 0.717) is 34.1 Å². The van der Waals surface area contributed by atoms with Gasteiger partial charge in [0.05, 0.1) is 16.5 Å². The fraction of sp³-hybridized carbons (Fsp3) is 0.333. The first-order valence-electron chi connectivity index (χ1n) is 8.11. The van der Waals surface area contributed by atoms with Gasteiger partial charge in [0.1, 0.15) is 12.4 Å². The van der Waals surface area contributed by atoms with E-state index in [2.05, 4.69) is 4.98 Å². The molecule has 0 fully saturated rings. The van der Waals surface area contributed by atoms with Crippen molar-refractivity contribution in [2.75, 3.05) is 0 Å². The van der Waals surface area contributed by atoms with Crippen LogP contribution in [-0.2, 0) is 17.6 Å². The van der Waals surface area contributed by atoms with Crippen molar-refractivity contribution in [3.8, 4) is 5.75 Å². The van der Waals surface area contributed by atoms with E-state index < -0.39 is 23.1 Å². The van der Waals surface area contributed by atoms with Gasteiger partial charge in [0.25, 0.3) is 0 Å². The second-order valence-corrected chi connectivity index (χ2v) is 7.96. The Hall–Kier alpha value is -2.13. The van der Waals surface area contributed by atoms with Crippen LogP contribution in [0.4, 0.5) is 13.2 Å². The summed E-state index contributed by atoms with van der Waals surface area (Å²) in [6.07, 6.45) is -3.97. The minimum Gasteiger partial charge on any atom is -0.488 e. The van der Waals surface area contributed by atoms with E-state index in [1.807, 2.05) is 12.3 Å². The quantitative estimate of drug-likeness (QED) is 0.549. The number of aliphatic carboxylic acids is 1. The normalized spacial score (nSPS) is 13.1. The van der Waals surface area contributed by atoms with Crippen LogP contribution in [0.25, 0.3) is 10.1 Å². The number of carboxylic acids is 1. The Bertz CT molecular complexity index is 978. The van der Waals surface area contributed by atoms with Crippen LogP contribution in [0.2, 0.25) is 0 Å². The molecule has 1 aromatic carbocycles. The Balaban J connectivity index is 1.79. The molecule has 0 spiro atoms. The van der Waals surface area contributed by atoms with Gasteiger partial charge in [0.2, 0.25) is 0 Å². The molecule has 0 amide bonds. The van der Waals surface area contributed by atoms with Gasteiger partial charge in [-0.25, -0.2) is 4.98 Å². The number of thiophene rings is 1. The number of carboxylic acid groups (broad SMARTS) is 1. The molecule has 4 nitrogen and oxygen atoms in total. The smallest absolute Gasteiger partial charge is 0.443 e. The lowest BCUT2D eigenvalue weighted by Gasteiger charge is -2.09. The van der Waals surface area contributed by atoms with E-state index in [0.717, 1.165) is 15.6 Å². The van der Waals surface area contributed by atoms with Gasteiger partial charge in [-0.15, -0.1) is 22.7 Å². The summed E-state index contributed by atoms with van der Waals surface area (Å²) in [5.74, 6) is -0.912. The third-order valence-electron chi connectivity index (χ3n) is 4.16. The van der Waals surface area contributed by atoms with Crippen LogP contribution in [0.3, 0.4) is 0 Å². The standard InChI is InChI=1S/C18H16F3NO3S2/c1-3-11(16(23)24)13-8-26-14-6-10(4-5-12(13)14)25-7-15-9(2)22-17(27-15)18(19,20)21/h4-6,8,11H,3,7H2,1-2H3,(H,23,24). The Kier molecular flexibility index (Phi) is 5.43. The van der Waals surface area contributed by atoms with E-state index in [9.17, 15) is 23.1 Å². The number of hydrogen-bond acceptors (Lipinski definition) is 5. The van der Waals surface area contributed by atoms with Crippen LogP contribution in [0.5, 0.6) is 5.75 Å². The number of aromatic nitrogens is 1. The molecule has 0 saturated carbocycles. The number of hydrogen-bond donors (Lipinski definition) is 1. The van der Waals surface area contributed by atoms with Crippen LogP contribution in [-0.4, -0.2) is 16.1 Å². The van der Waals surface area contributed by atoms with Gasteiger partial charge >= 0.3 is 12.1 Å². The van der Waals surface area contributed by atoms with Gasteiger partial charge in [0, 0.05) is 4.70 Å². The molecule has 2 heterocycles. The van der Waals surface area contributed by atoms with Crippen LogP contribution in [0.15, 0.2) is 23.6 Å². The van der Waals surface area contributed by atoms with Gasteiger partial charge in [-0.1, -0.05) is 6.92 Å². The van der Waals surface area contributed by atoms with Crippen molar-refractivity contribution in [1.29, 1.82) is 0 Å². The number of nitrogens with zero attached hydrogens (tertiary/aromatic N) is 1. The van der Waals surface area contributed by atoms with Crippen LogP contribution in [0.1, 0.15) is 40.4 Å². The number of rotatable bonds is 6. The SMILES string of the molecule is CCC(C(=O)O)c1csc2cc(OCc3sc(C(F)(F)F)nc3C)ccc12. The molecule has 9 heteroatoms. The largest absolute Gasteiger partial charge is 0.488 e. The molecule has 27 heavy (non-hydrogen) atoms. The number of benzene rings is 1. The molecule has 3 rings (SSSR count). The first kappa shape index (κ1) is 19.6. The molecule has 0 saturated heterocycles. The number of carbonyl (C=O) groups is 1. The molecule has 0 aliphatic rings. The monoisotopic (exact) mass is 415 g/mol. The van der Waals surface area contributed by atoms with E-state index in [1.165, 1.54) is 18.3 Å². The van der Waals surface area contributed by atoms with E-state index >= 15 is 0 Å². The zero-order valence-corrected chi connectivity index (χ0v) is 16.1. The lowest BCUT2D eigenvalue weighted by molar-refractivity contribution is -0.139. The van der Waals surface area contributed by atoms with Gasteiger partial charge in [0.15, 0.2) is 5.01 Å². The summed E-state index contributed by atoms with van der Waals surface area (Å²) in [5.41, 5.74) is 1.07. The van der Waals surface area contributed by atoms with E-state index in [4.69, 9.17) is 4.74 Å². The number of thiazole rings is 1. The Labute approximate surface area is 161 Å². The maximum absolute atomic E-state index is 12.7. The predicted molar refractivity (Wildman–Crippen MR) is 98.7 cm³/mol. The van der Waals surface area contributed by atoms with Crippen molar-refractivity contribution < 1.29 is 27.8 Å². The maximum atomic E-state index is 12.7. The molecule has 1 unspecified atom stereocenters. The number of halogens is 3. The molecular formula is C18H16F3NO3S2. The minimum atomic E-state index is -4.46. The highest BCUT2D eigenvalue weighted by atomic mass is 32.1. The fourth-order valence-corrected chi connectivity index (χ4v) is 4.63. The van der Waals surface area contributed by atoms with Crippen molar-refractivity contribution in [2.24, 2.45) is 0 Å². The van der Waals surface area contributed by atoms with Gasteiger partial charge in [-0.2, -0.15) is 13.2 Å². The molecule has 0 radical (unpaired) electrons. The average Bonchev–Trinajstić information content (AvgIpc) is 3.17. The van der Waals surface area contributed by atoms with Crippen LogP contribution < -0.4 is 4.74 Å². The minimum absolute atomic E-state index is 0.00394. The lowest BCUT2D eigenvalue weighted by atomic mass is 9.96. The highest BCUT2D eigenvalue weighted by molar-refractivity contribution is 7.17. The molecule has 1 N–H and O–H groups in total. The summed E-state index contributed by atoms with van der Waals surface area (Å²) in [7, 11) is 0. The second kappa shape index (κ2) is 7.47. The topological polar surface area (TPSA) is 59.4 Å². The van der Waals surface area contributed by atoms with Gasteiger partial charge < -0.3 is 9.84 Å². The van der Waals surface area contributed by atoms with Crippen molar-refractivity contribution >= 4 is 38.7 Å². The number of alkyl halides is 3. The molecule has 0 bridgehead atoms. The van der Waals surface area contributed by atoms with Crippen molar-refractivity contribution in [3.63, 3.8) is 0 Å². The number of ether oxygens (including phenoxy) is 1. The summed E-state index contributed by atoms with van der Waals surface area (Å²) in [6.45, 7) is 3.35. The Morgan fingerprint density at radius 3 is 2.70 bits per heavy atom. The maximum Gasteiger partial charge on any atom is 0.443 e. The second-order valence-electron chi connectivity index (χ2n) is 5.96. The van der Waals surface area contributed by atoms with Gasteiger partial charge in [-0.05, 0) is 47.9 Å². The first-order valence-corrected chi connectivity index (χ1v) is 9.80. The van der Waals surface area contributed by atoms with Crippen molar-refractivity contribution in [3.05, 3.63) is 44.7 Å². The lowest BCUT2D eigenvalue weighted by Crippen LogP contribution is -2.09. The van der Waals surface area contributed by atoms with E-state index in [1.54, 1.807) is 18.2 Å². The fourth-order valence-electron chi connectivity index (χ4n) is 2.75. The van der Waals surface area contributed by atoms with E-state index in [-0.39, 0.29) is 6.61 Å². The molecule has 1 atom stereocenters.